The van der Waals surface area contributed by atoms with E-state index in [1.165, 1.54) is 5.56 Å². The first kappa shape index (κ1) is 18.8. The van der Waals surface area contributed by atoms with Crippen molar-refractivity contribution in [2.45, 2.75) is 13.5 Å². The van der Waals surface area contributed by atoms with E-state index in [1.807, 2.05) is 31.2 Å². The van der Waals surface area contributed by atoms with Crippen LogP contribution in [0.1, 0.15) is 21.5 Å². The topological polar surface area (TPSA) is 47.6 Å². The lowest BCUT2D eigenvalue weighted by Crippen LogP contribution is -2.12. The van der Waals surface area contributed by atoms with E-state index in [1.54, 1.807) is 49.6 Å². The molecule has 0 unspecified atom stereocenters. The van der Waals surface area contributed by atoms with Crippen molar-refractivity contribution in [2.75, 3.05) is 12.4 Å². The number of nitrogens with one attached hydrogen (secondary N) is 1. The van der Waals surface area contributed by atoms with Gasteiger partial charge < -0.3 is 14.8 Å². The third-order valence-corrected chi connectivity index (χ3v) is 4.26. The molecule has 3 rings (SSSR count). The van der Waals surface area contributed by atoms with Crippen LogP contribution >= 0.6 is 11.6 Å². The fourth-order valence-corrected chi connectivity index (χ4v) is 2.73. The maximum Gasteiger partial charge on any atom is 0.255 e. The number of ether oxygens (including phenoxy) is 2. The molecule has 3 aromatic carbocycles. The second kappa shape index (κ2) is 8.60. The van der Waals surface area contributed by atoms with Gasteiger partial charge in [-0.1, -0.05) is 47.5 Å². The van der Waals surface area contributed by atoms with Crippen molar-refractivity contribution >= 4 is 23.2 Å². The molecule has 138 valence electrons. The Balaban J connectivity index is 1.71. The molecule has 0 aliphatic carbocycles. The highest BCUT2D eigenvalue weighted by Crippen LogP contribution is 2.29. The van der Waals surface area contributed by atoms with Gasteiger partial charge in [-0.15, -0.1) is 0 Å². The maximum absolute atomic E-state index is 12.5. The van der Waals surface area contributed by atoms with Crippen LogP contribution in [0, 0.1) is 6.92 Å². The molecule has 5 heteroatoms. The summed E-state index contributed by atoms with van der Waals surface area (Å²) in [7, 11) is 1.55. The smallest absolute Gasteiger partial charge is 0.255 e. The van der Waals surface area contributed by atoms with Gasteiger partial charge in [0.2, 0.25) is 0 Å². The number of anilines is 1. The SMILES string of the molecule is COc1cc(C(=O)Nc2cccc(Cl)c2)ccc1OCc1ccc(C)cc1. The Hall–Kier alpha value is -2.98. The van der Waals surface area contributed by atoms with Crippen molar-refractivity contribution in [2.24, 2.45) is 0 Å². The number of halogens is 1. The Morgan fingerprint density at radius 2 is 1.78 bits per heavy atom. The van der Waals surface area contributed by atoms with Crippen LogP contribution < -0.4 is 14.8 Å². The van der Waals surface area contributed by atoms with Gasteiger partial charge in [0.05, 0.1) is 7.11 Å². The molecule has 0 heterocycles. The zero-order valence-electron chi connectivity index (χ0n) is 15.2. The molecular formula is C22H20ClNO3. The van der Waals surface area contributed by atoms with E-state index < -0.39 is 0 Å². The third kappa shape index (κ3) is 5.02. The number of aryl methyl sites for hydroxylation is 1. The Labute approximate surface area is 163 Å². The summed E-state index contributed by atoms with van der Waals surface area (Å²) in [5, 5.41) is 3.37. The standard InChI is InChI=1S/C22H20ClNO3/c1-15-6-8-16(9-7-15)14-27-20-11-10-17(12-21(20)26-2)22(25)24-19-5-3-4-18(23)13-19/h3-13H,14H2,1-2H3,(H,24,25). The number of amides is 1. The minimum atomic E-state index is -0.249. The van der Waals surface area contributed by atoms with Crippen LogP contribution in [0.4, 0.5) is 5.69 Å². The Morgan fingerprint density at radius 1 is 1.00 bits per heavy atom. The molecule has 0 atom stereocenters. The van der Waals surface area contributed by atoms with Crippen LogP contribution in [0.2, 0.25) is 5.02 Å². The van der Waals surface area contributed by atoms with Crippen LogP contribution in [0.5, 0.6) is 11.5 Å². The zero-order chi connectivity index (χ0) is 19.2. The summed E-state index contributed by atoms with van der Waals surface area (Å²) in [6.45, 7) is 2.46. The maximum atomic E-state index is 12.5. The molecular weight excluding hydrogens is 362 g/mol. The van der Waals surface area contributed by atoms with Gasteiger partial charge in [0.1, 0.15) is 6.61 Å². The van der Waals surface area contributed by atoms with Crippen molar-refractivity contribution < 1.29 is 14.3 Å². The normalized spacial score (nSPS) is 10.3. The van der Waals surface area contributed by atoms with Crippen molar-refractivity contribution in [1.29, 1.82) is 0 Å². The molecule has 0 spiro atoms. The first-order chi connectivity index (χ1) is 13.0. The number of carbonyl (C=O) groups excluding carboxylic acids is 1. The van der Waals surface area contributed by atoms with Crippen molar-refractivity contribution in [3.8, 4) is 11.5 Å². The Kier molecular flexibility index (Phi) is 5.99. The van der Waals surface area contributed by atoms with E-state index in [4.69, 9.17) is 21.1 Å². The van der Waals surface area contributed by atoms with Crippen LogP contribution in [-0.2, 0) is 6.61 Å². The van der Waals surface area contributed by atoms with Crippen molar-refractivity contribution in [1.82, 2.24) is 0 Å². The summed E-state index contributed by atoms with van der Waals surface area (Å²) in [5.41, 5.74) is 3.36. The zero-order valence-corrected chi connectivity index (χ0v) is 15.9. The fourth-order valence-electron chi connectivity index (χ4n) is 2.54. The van der Waals surface area contributed by atoms with Gasteiger partial charge >= 0.3 is 0 Å². The quantitative estimate of drug-likeness (QED) is 0.614. The molecule has 0 saturated carbocycles. The lowest BCUT2D eigenvalue weighted by Gasteiger charge is -2.13. The number of methoxy groups -OCH3 is 1. The van der Waals surface area contributed by atoms with Crippen molar-refractivity contribution in [3.63, 3.8) is 0 Å². The van der Waals surface area contributed by atoms with Crippen LogP contribution in [-0.4, -0.2) is 13.0 Å². The third-order valence-electron chi connectivity index (χ3n) is 4.02. The van der Waals surface area contributed by atoms with Crippen LogP contribution in [0.25, 0.3) is 0 Å². The molecule has 1 amide bonds. The number of hydrogen-bond donors (Lipinski definition) is 1. The predicted molar refractivity (Wildman–Crippen MR) is 108 cm³/mol. The van der Waals surface area contributed by atoms with Gasteiger partial charge in [0.15, 0.2) is 11.5 Å². The number of carbonyl (C=O) groups is 1. The molecule has 3 aromatic rings. The molecule has 0 radical (unpaired) electrons. The van der Waals surface area contributed by atoms with E-state index in [-0.39, 0.29) is 5.91 Å². The Morgan fingerprint density at radius 3 is 2.48 bits per heavy atom. The van der Waals surface area contributed by atoms with Crippen LogP contribution in [0.3, 0.4) is 0 Å². The lowest BCUT2D eigenvalue weighted by atomic mass is 10.1. The largest absolute Gasteiger partial charge is 0.493 e. The number of benzene rings is 3. The second-order valence-corrected chi connectivity index (χ2v) is 6.54. The molecule has 0 bridgehead atoms. The first-order valence-corrected chi connectivity index (χ1v) is 8.86. The minimum absolute atomic E-state index is 0.249. The molecule has 0 aliphatic heterocycles. The second-order valence-electron chi connectivity index (χ2n) is 6.10. The molecule has 0 aliphatic rings. The molecule has 0 aromatic heterocycles. The molecule has 0 fully saturated rings. The van der Waals surface area contributed by atoms with Gasteiger partial charge in [-0.3, -0.25) is 4.79 Å². The van der Waals surface area contributed by atoms with E-state index in [9.17, 15) is 4.79 Å². The van der Waals surface area contributed by atoms with Crippen LogP contribution in [0.15, 0.2) is 66.7 Å². The first-order valence-electron chi connectivity index (χ1n) is 8.48. The van der Waals surface area contributed by atoms with Gasteiger partial charge in [0, 0.05) is 16.3 Å². The molecule has 4 nitrogen and oxygen atoms in total. The van der Waals surface area contributed by atoms with E-state index in [0.29, 0.717) is 34.4 Å². The summed E-state index contributed by atoms with van der Waals surface area (Å²) < 4.78 is 11.2. The molecule has 1 N–H and O–H groups in total. The lowest BCUT2D eigenvalue weighted by molar-refractivity contribution is 0.102. The Bertz CT molecular complexity index is 939. The van der Waals surface area contributed by atoms with E-state index in [0.717, 1.165) is 5.56 Å². The summed E-state index contributed by atoms with van der Waals surface area (Å²) in [5.74, 6) is 0.832. The average Bonchev–Trinajstić information content (AvgIpc) is 2.67. The average molecular weight is 382 g/mol. The van der Waals surface area contributed by atoms with Crippen molar-refractivity contribution in [3.05, 3.63) is 88.4 Å². The van der Waals surface area contributed by atoms with Gasteiger partial charge in [-0.25, -0.2) is 0 Å². The predicted octanol–water partition coefficient (Wildman–Crippen LogP) is 5.49. The monoisotopic (exact) mass is 381 g/mol. The van der Waals surface area contributed by atoms with E-state index >= 15 is 0 Å². The van der Waals surface area contributed by atoms with Gasteiger partial charge in [-0.2, -0.15) is 0 Å². The van der Waals surface area contributed by atoms with E-state index in [2.05, 4.69) is 5.32 Å². The highest BCUT2D eigenvalue weighted by Gasteiger charge is 2.12. The highest BCUT2D eigenvalue weighted by molar-refractivity contribution is 6.30. The minimum Gasteiger partial charge on any atom is -0.493 e. The summed E-state index contributed by atoms with van der Waals surface area (Å²) in [4.78, 5) is 12.5. The fraction of sp³-hybridized carbons (Fsp3) is 0.136. The highest BCUT2D eigenvalue weighted by atomic mass is 35.5. The van der Waals surface area contributed by atoms with Gasteiger partial charge in [0.25, 0.3) is 5.91 Å². The number of rotatable bonds is 6. The van der Waals surface area contributed by atoms with Gasteiger partial charge in [-0.05, 0) is 48.9 Å². The molecule has 27 heavy (non-hydrogen) atoms. The summed E-state index contributed by atoms with van der Waals surface area (Å²) in [6.07, 6.45) is 0. The number of hydrogen-bond acceptors (Lipinski definition) is 3. The summed E-state index contributed by atoms with van der Waals surface area (Å²) in [6, 6.07) is 20.2. The summed E-state index contributed by atoms with van der Waals surface area (Å²) >= 11 is 5.95. The molecule has 0 saturated heterocycles.